The standard InChI is InChI=1S/C11H21NO/c1-3-10-7-5-6-8-12(9-10)11(13)4-2/h10H,3-9H2,1-2H3. The van der Waals surface area contributed by atoms with E-state index in [9.17, 15) is 4.79 Å². The Bertz CT molecular complexity index is 167. The number of carbonyl (C=O) groups is 1. The van der Waals surface area contributed by atoms with Crippen LogP contribution in [0.1, 0.15) is 46.0 Å². The largest absolute Gasteiger partial charge is 0.342 e. The van der Waals surface area contributed by atoms with Crippen molar-refractivity contribution in [2.45, 2.75) is 46.0 Å². The number of amides is 1. The second-order valence-corrected chi connectivity index (χ2v) is 3.96. The third-order valence-corrected chi connectivity index (χ3v) is 3.00. The first-order chi connectivity index (χ1) is 6.27. The number of carbonyl (C=O) groups excluding carboxylic acids is 1. The minimum Gasteiger partial charge on any atom is -0.342 e. The third kappa shape index (κ3) is 3.02. The average Bonchev–Trinajstić information content (AvgIpc) is 2.41. The van der Waals surface area contributed by atoms with Crippen molar-refractivity contribution in [2.75, 3.05) is 13.1 Å². The van der Waals surface area contributed by atoms with E-state index in [0.717, 1.165) is 19.0 Å². The summed E-state index contributed by atoms with van der Waals surface area (Å²) >= 11 is 0. The second kappa shape index (κ2) is 5.25. The molecule has 1 amide bonds. The molecule has 0 aromatic rings. The van der Waals surface area contributed by atoms with Gasteiger partial charge in [0.25, 0.3) is 0 Å². The molecule has 0 aromatic heterocycles. The Morgan fingerprint density at radius 2 is 2.15 bits per heavy atom. The van der Waals surface area contributed by atoms with Gasteiger partial charge >= 0.3 is 0 Å². The Hall–Kier alpha value is -0.530. The van der Waals surface area contributed by atoms with E-state index in [0.29, 0.717) is 12.3 Å². The van der Waals surface area contributed by atoms with E-state index in [2.05, 4.69) is 11.8 Å². The zero-order valence-corrected chi connectivity index (χ0v) is 8.88. The molecule has 0 aromatic carbocycles. The van der Waals surface area contributed by atoms with Gasteiger partial charge in [-0.1, -0.05) is 26.7 Å². The van der Waals surface area contributed by atoms with Gasteiger partial charge in [-0.3, -0.25) is 4.79 Å². The van der Waals surface area contributed by atoms with Gasteiger partial charge in [0.1, 0.15) is 0 Å². The lowest BCUT2D eigenvalue weighted by atomic mass is 10.0. The molecule has 2 nitrogen and oxygen atoms in total. The van der Waals surface area contributed by atoms with Gasteiger partial charge in [-0.25, -0.2) is 0 Å². The van der Waals surface area contributed by atoms with Gasteiger partial charge in [-0.15, -0.1) is 0 Å². The first-order valence-corrected chi connectivity index (χ1v) is 5.55. The lowest BCUT2D eigenvalue weighted by Crippen LogP contribution is -2.33. The van der Waals surface area contributed by atoms with Crippen molar-refractivity contribution in [3.05, 3.63) is 0 Å². The smallest absolute Gasteiger partial charge is 0.222 e. The molecule has 0 aliphatic carbocycles. The Kier molecular flexibility index (Phi) is 4.26. The van der Waals surface area contributed by atoms with Gasteiger partial charge in [0.2, 0.25) is 5.91 Å². The van der Waals surface area contributed by atoms with Crippen molar-refractivity contribution in [3.8, 4) is 0 Å². The normalized spacial score (nSPS) is 24.2. The fourth-order valence-electron chi connectivity index (χ4n) is 2.01. The van der Waals surface area contributed by atoms with Gasteiger partial charge in [0.05, 0.1) is 0 Å². The van der Waals surface area contributed by atoms with Crippen LogP contribution in [0.3, 0.4) is 0 Å². The summed E-state index contributed by atoms with van der Waals surface area (Å²) in [6.45, 7) is 6.17. The topological polar surface area (TPSA) is 20.3 Å². The fourth-order valence-corrected chi connectivity index (χ4v) is 2.01. The number of likely N-dealkylation sites (tertiary alicyclic amines) is 1. The van der Waals surface area contributed by atoms with E-state index in [1.807, 2.05) is 6.92 Å². The fraction of sp³-hybridized carbons (Fsp3) is 0.909. The maximum Gasteiger partial charge on any atom is 0.222 e. The number of rotatable bonds is 2. The second-order valence-electron chi connectivity index (χ2n) is 3.96. The highest BCUT2D eigenvalue weighted by molar-refractivity contribution is 5.75. The van der Waals surface area contributed by atoms with Gasteiger partial charge < -0.3 is 4.90 Å². The first kappa shape index (κ1) is 10.6. The van der Waals surface area contributed by atoms with E-state index in [-0.39, 0.29) is 0 Å². The number of nitrogens with zero attached hydrogens (tertiary/aromatic N) is 1. The summed E-state index contributed by atoms with van der Waals surface area (Å²) in [6, 6.07) is 0. The Labute approximate surface area is 81.3 Å². The van der Waals surface area contributed by atoms with Crippen molar-refractivity contribution in [2.24, 2.45) is 5.92 Å². The van der Waals surface area contributed by atoms with E-state index in [4.69, 9.17) is 0 Å². The number of hydrogen-bond acceptors (Lipinski definition) is 1. The molecule has 1 aliphatic rings. The van der Waals surface area contributed by atoms with Crippen molar-refractivity contribution < 1.29 is 4.79 Å². The lowest BCUT2D eigenvalue weighted by Gasteiger charge is -2.23. The highest BCUT2D eigenvalue weighted by atomic mass is 16.2. The van der Waals surface area contributed by atoms with Crippen molar-refractivity contribution in [1.29, 1.82) is 0 Å². The minimum absolute atomic E-state index is 0.334. The lowest BCUT2D eigenvalue weighted by molar-refractivity contribution is -0.131. The maximum atomic E-state index is 11.5. The van der Waals surface area contributed by atoms with Crippen LogP contribution < -0.4 is 0 Å². The highest BCUT2D eigenvalue weighted by Crippen LogP contribution is 2.19. The van der Waals surface area contributed by atoms with E-state index in [1.54, 1.807) is 0 Å². The molecule has 1 fully saturated rings. The average molecular weight is 183 g/mol. The summed E-state index contributed by atoms with van der Waals surface area (Å²) in [5.74, 6) is 1.08. The van der Waals surface area contributed by atoms with Gasteiger partial charge in [0.15, 0.2) is 0 Å². The quantitative estimate of drug-likeness (QED) is 0.644. The summed E-state index contributed by atoms with van der Waals surface area (Å²) in [6.07, 6.45) is 5.68. The molecule has 0 spiro atoms. The molecule has 0 radical (unpaired) electrons. The summed E-state index contributed by atoms with van der Waals surface area (Å²) < 4.78 is 0. The molecular formula is C11H21NO. The summed E-state index contributed by atoms with van der Waals surface area (Å²) in [5, 5.41) is 0. The molecule has 76 valence electrons. The molecular weight excluding hydrogens is 162 g/mol. The molecule has 13 heavy (non-hydrogen) atoms. The summed E-state index contributed by atoms with van der Waals surface area (Å²) in [7, 11) is 0. The van der Waals surface area contributed by atoms with Crippen LogP contribution in [0.4, 0.5) is 0 Å². The maximum absolute atomic E-state index is 11.5. The molecule has 0 saturated carbocycles. The van der Waals surface area contributed by atoms with E-state index < -0.39 is 0 Å². The van der Waals surface area contributed by atoms with E-state index in [1.165, 1.54) is 25.7 Å². The van der Waals surface area contributed by atoms with Crippen LogP contribution >= 0.6 is 0 Å². The molecule has 1 heterocycles. The van der Waals surface area contributed by atoms with Gasteiger partial charge in [0, 0.05) is 19.5 Å². The summed E-state index contributed by atoms with van der Waals surface area (Å²) in [5.41, 5.74) is 0. The summed E-state index contributed by atoms with van der Waals surface area (Å²) in [4.78, 5) is 13.6. The molecule has 1 saturated heterocycles. The third-order valence-electron chi connectivity index (χ3n) is 3.00. The van der Waals surface area contributed by atoms with Crippen LogP contribution in [0, 0.1) is 5.92 Å². The van der Waals surface area contributed by atoms with Crippen molar-refractivity contribution in [1.82, 2.24) is 4.90 Å². The predicted molar refractivity (Wildman–Crippen MR) is 54.5 cm³/mol. The molecule has 1 unspecified atom stereocenters. The van der Waals surface area contributed by atoms with Crippen LogP contribution in [0.2, 0.25) is 0 Å². The van der Waals surface area contributed by atoms with Crippen LogP contribution in [0.15, 0.2) is 0 Å². The SMILES string of the molecule is CCC(=O)N1CCCCC(CC)C1. The van der Waals surface area contributed by atoms with Crippen LogP contribution in [-0.2, 0) is 4.79 Å². The van der Waals surface area contributed by atoms with Crippen LogP contribution in [0.5, 0.6) is 0 Å². The monoisotopic (exact) mass is 183 g/mol. The first-order valence-electron chi connectivity index (χ1n) is 5.55. The van der Waals surface area contributed by atoms with Gasteiger partial charge in [-0.2, -0.15) is 0 Å². The molecule has 1 rings (SSSR count). The van der Waals surface area contributed by atoms with Crippen LogP contribution in [0.25, 0.3) is 0 Å². The van der Waals surface area contributed by atoms with Crippen molar-refractivity contribution >= 4 is 5.91 Å². The molecule has 1 aliphatic heterocycles. The Morgan fingerprint density at radius 3 is 2.77 bits per heavy atom. The van der Waals surface area contributed by atoms with Crippen LogP contribution in [-0.4, -0.2) is 23.9 Å². The highest BCUT2D eigenvalue weighted by Gasteiger charge is 2.19. The molecule has 1 atom stereocenters. The van der Waals surface area contributed by atoms with E-state index >= 15 is 0 Å². The molecule has 0 N–H and O–H groups in total. The van der Waals surface area contributed by atoms with Gasteiger partial charge in [-0.05, 0) is 18.8 Å². The van der Waals surface area contributed by atoms with Crippen molar-refractivity contribution in [3.63, 3.8) is 0 Å². The zero-order chi connectivity index (χ0) is 9.68. The molecule has 0 bridgehead atoms. The Balaban J connectivity index is 2.48. The Morgan fingerprint density at radius 1 is 1.38 bits per heavy atom. The number of hydrogen-bond donors (Lipinski definition) is 0. The minimum atomic E-state index is 0.334. The predicted octanol–water partition coefficient (Wildman–Crippen LogP) is 2.44. The zero-order valence-electron chi connectivity index (χ0n) is 8.88. The molecule has 2 heteroatoms.